The first-order chi connectivity index (χ1) is 4.91. The lowest BCUT2D eigenvalue weighted by molar-refractivity contribution is 0.133. The zero-order valence-electron chi connectivity index (χ0n) is 6.43. The largest absolute Gasteiger partial charge is 0.381 e. The quantitative estimate of drug-likeness (QED) is 0.415. The second kappa shape index (κ2) is 8.41. The van der Waals surface area contributed by atoms with E-state index in [0.29, 0.717) is 0 Å². The SMILES string of the molecule is CCCOCCCC=C=O. The van der Waals surface area contributed by atoms with Gasteiger partial charge in [-0.15, -0.1) is 0 Å². The van der Waals surface area contributed by atoms with Gasteiger partial charge in [-0.1, -0.05) is 6.92 Å². The molecular formula is C8H14O2. The molecule has 0 aliphatic carbocycles. The molecule has 0 spiro atoms. The van der Waals surface area contributed by atoms with Gasteiger partial charge in [0.15, 0.2) is 0 Å². The Bertz CT molecular complexity index is 104. The summed E-state index contributed by atoms with van der Waals surface area (Å²) in [7, 11) is 0. The molecule has 0 saturated carbocycles. The van der Waals surface area contributed by atoms with Gasteiger partial charge >= 0.3 is 0 Å². The average Bonchev–Trinajstić information content (AvgIpc) is 1.97. The maximum atomic E-state index is 9.67. The van der Waals surface area contributed by atoms with Crippen LogP contribution in [0.3, 0.4) is 0 Å². The van der Waals surface area contributed by atoms with Crippen molar-refractivity contribution in [3.05, 3.63) is 6.08 Å². The molecule has 0 amide bonds. The van der Waals surface area contributed by atoms with Crippen LogP contribution in [0.4, 0.5) is 0 Å². The molecule has 2 nitrogen and oxygen atoms in total. The van der Waals surface area contributed by atoms with Crippen LogP contribution in [0.5, 0.6) is 0 Å². The Balaban J connectivity index is 2.83. The van der Waals surface area contributed by atoms with Crippen LogP contribution >= 0.6 is 0 Å². The summed E-state index contributed by atoms with van der Waals surface area (Å²) in [4.78, 5) is 9.67. The molecule has 0 fully saturated rings. The smallest absolute Gasteiger partial charge is 0.120 e. The van der Waals surface area contributed by atoms with Gasteiger partial charge in [-0.05, 0) is 25.3 Å². The predicted octanol–water partition coefficient (Wildman–Crippen LogP) is 1.58. The van der Waals surface area contributed by atoms with Crippen molar-refractivity contribution >= 4 is 5.94 Å². The van der Waals surface area contributed by atoms with Crippen molar-refractivity contribution in [1.29, 1.82) is 0 Å². The fraction of sp³-hybridized carbons (Fsp3) is 0.750. The fourth-order valence-electron chi connectivity index (χ4n) is 0.593. The van der Waals surface area contributed by atoms with E-state index < -0.39 is 0 Å². The van der Waals surface area contributed by atoms with Gasteiger partial charge in [0.2, 0.25) is 0 Å². The van der Waals surface area contributed by atoms with E-state index >= 15 is 0 Å². The van der Waals surface area contributed by atoms with Gasteiger partial charge in [0.05, 0.1) is 0 Å². The summed E-state index contributed by atoms with van der Waals surface area (Å²) in [6.45, 7) is 3.65. The van der Waals surface area contributed by atoms with Gasteiger partial charge in [-0.3, -0.25) is 0 Å². The molecule has 0 radical (unpaired) electrons. The molecule has 0 aliphatic heterocycles. The lowest BCUT2D eigenvalue weighted by Crippen LogP contribution is -1.94. The zero-order chi connectivity index (χ0) is 7.66. The Hall–Kier alpha value is -0.590. The normalized spacial score (nSPS) is 8.90. The highest BCUT2D eigenvalue weighted by molar-refractivity contribution is 5.44. The van der Waals surface area contributed by atoms with Crippen molar-refractivity contribution in [2.45, 2.75) is 26.2 Å². The monoisotopic (exact) mass is 142 g/mol. The number of hydrogen-bond donors (Lipinski definition) is 0. The molecule has 0 rings (SSSR count). The molecule has 0 aromatic rings. The summed E-state index contributed by atoms with van der Waals surface area (Å²) >= 11 is 0. The topological polar surface area (TPSA) is 26.3 Å². The van der Waals surface area contributed by atoms with E-state index in [1.54, 1.807) is 5.94 Å². The molecule has 0 aliphatic rings. The number of rotatable bonds is 6. The summed E-state index contributed by atoms with van der Waals surface area (Å²) in [6, 6.07) is 0. The molecule has 2 heteroatoms. The van der Waals surface area contributed by atoms with Crippen LogP contribution in [0.1, 0.15) is 26.2 Å². The molecule has 10 heavy (non-hydrogen) atoms. The summed E-state index contributed by atoms with van der Waals surface area (Å²) in [5.41, 5.74) is 0. The minimum absolute atomic E-state index is 0.756. The molecule has 0 heterocycles. The first-order valence-corrected chi connectivity index (χ1v) is 3.69. The molecule has 0 aromatic carbocycles. The first kappa shape index (κ1) is 9.41. The summed E-state index contributed by atoms with van der Waals surface area (Å²) < 4.78 is 5.18. The van der Waals surface area contributed by atoms with Gasteiger partial charge in [-0.2, -0.15) is 0 Å². The summed E-state index contributed by atoms with van der Waals surface area (Å²) in [5, 5.41) is 0. The minimum atomic E-state index is 0.756. The van der Waals surface area contributed by atoms with Gasteiger partial charge in [0.25, 0.3) is 0 Å². The molecule has 0 bridgehead atoms. The lowest BCUT2D eigenvalue weighted by atomic mass is 10.3. The van der Waals surface area contributed by atoms with Gasteiger partial charge in [0, 0.05) is 13.2 Å². The van der Waals surface area contributed by atoms with Crippen LogP contribution in [0.15, 0.2) is 6.08 Å². The van der Waals surface area contributed by atoms with E-state index in [-0.39, 0.29) is 0 Å². The minimum Gasteiger partial charge on any atom is -0.381 e. The van der Waals surface area contributed by atoms with E-state index in [9.17, 15) is 4.79 Å². The highest BCUT2D eigenvalue weighted by Gasteiger charge is 1.84. The van der Waals surface area contributed by atoms with E-state index in [2.05, 4.69) is 6.92 Å². The summed E-state index contributed by atoms with van der Waals surface area (Å²) in [6.07, 6.45) is 4.27. The first-order valence-electron chi connectivity index (χ1n) is 3.69. The zero-order valence-corrected chi connectivity index (χ0v) is 6.43. The Kier molecular flexibility index (Phi) is 7.91. The van der Waals surface area contributed by atoms with Crippen molar-refractivity contribution in [1.82, 2.24) is 0 Å². The van der Waals surface area contributed by atoms with E-state index in [1.165, 1.54) is 6.08 Å². The third-order valence-corrected chi connectivity index (χ3v) is 1.07. The van der Waals surface area contributed by atoms with Gasteiger partial charge in [0.1, 0.15) is 5.94 Å². The van der Waals surface area contributed by atoms with Crippen molar-refractivity contribution in [2.75, 3.05) is 13.2 Å². The van der Waals surface area contributed by atoms with Crippen molar-refractivity contribution in [3.8, 4) is 0 Å². The van der Waals surface area contributed by atoms with Crippen molar-refractivity contribution in [3.63, 3.8) is 0 Å². The molecule has 0 atom stereocenters. The third-order valence-electron chi connectivity index (χ3n) is 1.07. The lowest BCUT2D eigenvalue weighted by Gasteiger charge is -1.97. The predicted molar refractivity (Wildman–Crippen MR) is 40.6 cm³/mol. The van der Waals surface area contributed by atoms with E-state index in [0.717, 1.165) is 32.5 Å². The second-order valence-corrected chi connectivity index (χ2v) is 2.08. The maximum absolute atomic E-state index is 9.67. The van der Waals surface area contributed by atoms with Crippen LogP contribution in [-0.2, 0) is 9.53 Å². The summed E-state index contributed by atoms with van der Waals surface area (Å²) in [5.74, 6) is 1.73. The second-order valence-electron chi connectivity index (χ2n) is 2.08. The van der Waals surface area contributed by atoms with Crippen LogP contribution in [0, 0.1) is 0 Å². The van der Waals surface area contributed by atoms with Crippen molar-refractivity contribution in [2.24, 2.45) is 0 Å². The molecule has 58 valence electrons. The molecule has 0 aromatic heterocycles. The molecule has 0 N–H and O–H groups in total. The standard InChI is InChI=1S/C8H14O2/c1-2-7-10-8-5-3-4-6-9/h4H,2-3,5,7-8H2,1H3. The van der Waals surface area contributed by atoms with Gasteiger partial charge in [-0.25, -0.2) is 4.79 Å². The number of hydrogen-bond acceptors (Lipinski definition) is 2. The van der Waals surface area contributed by atoms with Crippen LogP contribution in [0.2, 0.25) is 0 Å². The highest BCUT2D eigenvalue weighted by atomic mass is 16.5. The van der Waals surface area contributed by atoms with Gasteiger partial charge < -0.3 is 4.74 Å². The molecule has 0 saturated heterocycles. The third kappa shape index (κ3) is 7.41. The number of carbonyl (C=O) groups excluding carboxylic acids is 1. The number of unbranched alkanes of at least 4 members (excludes halogenated alkanes) is 1. The van der Waals surface area contributed by atoms with Crippen molar-refractivity contribution < 1.29 is 9.53 Å². The van der Waals surface area contributed by atoms with Crippen LogP contribution in [0.25, 0.3) is 0 Å². The molecule has 0 unspecified atom stereocenters. The Morgan fingerprint density at radius 2 is 2.30 bits per heavy atom. The Morgan fingerprint density at radius 1 is 1.50 bits per heavy atom. The van der Waals surface area contributed by atoms with Crippen LogP contribution in [-0.4, -0.2) is 19.2 Å². The van der Waals surface area contributed by atoms with E-state index in [1.807, 2.05) is 0 Å². The van der Waals surface area contributed by atoms with E-state index in [4.69, 9.17) is 4.74 Å². The fourth-order valence-corrected chi connectivity index (χ4v) is 0.593. The highest BCUT2D eigenvalue weighted by Crippen LogP contribution is 1.90. The Morgan fingerprint density at radius 3 is 2.90 bits per heavy atom. The maximum Gasteiger partial charge on any atom is 0.120 e. The Labute approximate surface area is 61.9 Å². The average molecular weight is 142 g/mol. The molecular weight excluding hydrogens is 128 g/mol. The number of ether oxygens (including phenoxy) is 1. The number of allylic oxidation sites excluding steroid dienone is 1. The van der Waals surface area contributed by atoms with Crippen LogP contribution < -0.4 is 0 Å².